The first-order chi connectivity index (χ1) is 12.0. The average Bonchev–Trinajstić information content (AvgIpc) is 2.96. The SMILES string of the molecule is COc1ccc2oc(C(=O)OC(C(N)=O)c3ccccc3)c(C)c2c1. The van der Waals surface area contributed by atoms with Gasteiger partial charge in [0.05, 0.1) is 7.11 Å². The zero-order valence-corrected chi connectivity index (χ0v) is 13.8. The first kappa shape index (κ1) is 16.6. The molecule has 1 atom stereocenters. The van der Waals surface area contributed by atoms with Crippen molar-refractivity contribution in [1.82, 2.24) is 0 Å². The number of carbonyl (C=O) groups is 2. The van der Waals surface area contributed by atoms with Crippen LogP contribution >= 0.6 is 0 Å². The van der Waals surface area contributed by atoms with Crippen LogP contribution in [0.25, 0.3) is 11.0 Å². The smallest absolute Gasteiger partial charge is 0.375 e. The summed E-state index contributed by atoms with van der Waals surface area (Å²) in [7, 11) is 1.56. The first-order valence-electron chi connectivity index (χ1n) is 7.63. The van der Waals surface area contributed by atoms with E-state index in [0.717, 1.165) is 5.39 Å². The number of esters is 1. The second-order valence-electron chi connectivity index (χ2n) is 5.52. The quantitative estimate of drug-likeness (QED) is 0.721. The van der Waals surface area contributed by atoms with Crippen LogP contribution in [0.2, 0.25) is 0 Å². The molecule has 0 saturated carbocycles. The molecule has 1 unspecified atom stereocenters. The largest absolute Gasteiger partial charge is 0.497 e. The van der Waals surface area contributed by atoms with E-state index in [2.05, 4.69) is 0 Å². The fourth-order valence-corrected chi connectivity index (χ4v) is 2.60. The maximum Gasteiger partial charge on any atom is 0.375 e. The summed E-state index contributed by atoms with van der Waals surface area (Å²) in [6.07, 6.45) is -1.18. The number of nitrogens with two attached hydrogens (primary N) is 1. The van der Waals surface area contributed by atoms with Crippen LogP contribution in [0.4, 0.5) is 0 Å². The second kappa shape index (κ2) is 6.68. The van der Waals surface area contributed by atoms with Crippen molar-refractivity contribution in [3.63, 3.8) is 0 Å². The predicted octanol–water partition coefficient (Wildman–Crippen LogP) is 3.13. The molecule has 6 nitrogen and oxygen atoms in total. The Labute approximate surface area is 144 Å². The van der Waals surface area contributed by atoms with E-state index in [1.54, 1.807) is 62.6 Å². The molecule has 2 aromatic carbocycles. The summed E-state index contributed by atoms with van der Waals surface area (Å²) in [5.74, 6) is -0.823. The number of amides is 1. The summed E-state index contributed by atoms with van der Waals surface area (Å²) in [4.78, 5) is 24.2. The fourth-order valence-electron chi connectivity index (χ4n) is 2.60. The van der Waals surface area contributed by atoms with Crippen LogP contribution in [0.15, 0.2) is 52.9 Å². The van der Waals surface area contributed by atoms with Crippen LogP contribution in [0, 0.1) is 6.92 Å². The molecule has 1 amide bonds. The van der Waals surface area contributed by atoms with Gasteiger partial charge in [-0.2, -0.15) is 0 Å². The number of methoxy groups -OCH3 is 1. The highest BCUT2D eigenvalue weighted by molar-refractivity contribution is 5.97. The van der Waals surface area contributed by atoms with Gasteiger partial charge in [0.2, 0.25) is 11.9 Å². The highest BCUT2D eigenvalue weighted by Crippen LogP contribution is 2.30. The summed E-state index contributed by atoms with van der Waals surface area (Å²) in [5, 5.41) is 0.738. The maximum atomic E-state index is 12.5. The van der Waals surface area contributed by atoms with Gasteiger partial charge in [0.15, 0.2) is 0 Å². The van der Waals surface area contributed by atoms with Crippen molar-refractivity contribution >= 4 is 22.8 Å². The van der Waals surface area contributed by atoms with Gasteiger partial charge in [0, 0.05) is 16.5 Å². The molecule has 3 aromatic rings. The Morgan fingerprint density at radius 2 is 1.84 bits per heavy atom. The number of fused-ring (bicyclic) bond motifs is 1. The highest BCUT2D eigenvalue weighted by atomic mass is 16.6. The molecule has 0 radical (unpaired) electrons. The van der Waals surface area contributed by atoms with E-state index in [-0.39, 0.29) is 5.76 Å². The van der Waals surface area contributed by atoms with Crippen LogP contribution in [0.5, 0.6) is 5.75 Å². The Morgan fingerprint density at radius 1 is 1.12 bits per heavy atom. The third-order valence-electron chi connectivity index (χ3n) is 3.91. The topological polar surface area (TPSA) is 91.8 Å². The predicted molar refractivity (Wildman–Crippen MR) is 91.3 cm³/mol. The van der Waals surface area contributed by atoms with Crippen molar-refractivity contribution in [1.29, 1.82) is 0 Å². The van der Waals surface area contributed by atoms with Crippen molar-refractivity contribution in [2.75, 3.05) is 7.11 Å². The Balaban J connectivity index is 1.93. The molecule has 0 saturated heterocycles. The molecule has 0 aliphatic carbocycles. The first-order valence-corrected chi connectivity index (χ1v) is 7.63. The Hall–Kier alpha value is -3.28. The van der Waals surface area contributed by atoms with Crippen molar-refractivity contribution in [2.24, 2.45) is 5.73 Å². The molecular weight excluding hydrogens is 322 g/mol. The van der Waals surface area contributed by atoms with Crippen LogP contribution in [-0.2, 0) is 9.53 Å². The number of hydrogen-bond acceptors (Lipinski definition) is 5. The van der Waals surface area contributed by atoms with Crippen molar-refractivity contribution in [3.8, 4) is 5.75 Å². The van der Waals surface area contributed by atoms with Gasteiger partial charge in [0.25, 0.3) is 5.91 Å². The lowest BCUT2D eigenvalue weighted by Gasteiger charge is -2.14. The van der Waals surface area contributed by atoms with E-state index in [0.29, 0.717) is 22.5 Å². The van der Waals surface area contributed by atoms with E-state index >= 15 is 0 Å². The van der Waals surface area contributed by atoms with Crippen LogP contribution < -0.4 is 10.5 Å². The van der Waals surface area contributed by atoms with Crippen LogP contribution in [-0.4, -0.2) is 19.0 Å². The highest BCUT2D eigenvalue weighted by Gasteiger charge is 2.27. The summed E-state index contributed by atoms with van der Waals surface area (Å²) in [6, 6.07) is 13.8. The standard InChI is InChI=1S/C19H17NO5/c1-11-14-10-13(23-2)8-9-15(14)24-16(11)19(22)25-17(18(20)21)12-6-4-3-5-7-12/h3-10,17H,1-2H3,(H2,20,21). The number of furan rings is 1. The molecule has 0 aliphatic rings. The average molecular weight is 339 g/mol. The lowest BCUT2D eigenvalue weighted by molar-refractivity contribution is -0.127. The van der Waals surface area contributed by atoms with Gasteiger partial charge in [-0.25, -0.2) is 4.79 Å². The van der Waals surface area contributed by atoms with Gasteiger partial charge in [-0.3, -0.25) is 4.79 Å². The van der Waals surface area contributed by atoms with Gasteiger partial charge in [0.1, 0.15) is 11.3 Å². The Kier molecular flexibility index (Phi) is 4.43. The van der Waals surface area contributed by atoms with Gasteiger partial charge in [-0.15, -0.1) is 0 Å². The van der Waals surface area contributed by atoms with Gasteiger partial charge < -0.3 is 19.6 Å². The Bertz CT molecular complexity index is 930. The number of benzene rings is 2. The third-order valence-corrected chi connectivity index (χ3v) is 3.91. The van der Waals surface area contributed by atoms with E-state index in [1.165, 1.54) is 0 Å². The molecule has 0 aliphatic heterocycles. The molecule has 1 heterocycles. The number of carbonyl (C=O) groups excluding carboxylic acids is 2. The van der Waals surface area contributed by atoms with Crippen molar-refractivity contribution < 1.29 is 23.5 Å². The molecule has 0 fully saturated rings. The van der Waals surface area contributed by atoms with Crippen molar-refractivity contribution in [3.05, 3.63) is 65.4 Å². The number of rotatable bonds is 5. The number of hydrogen-bond donors (Lipinski definition) is 1. The van der Waals surface area contributed by atoms with Crippen molar-refractivity contribution in [2.45, 2.75) is 13.0 Å². The van der Waals surface area contributed by atoms with E-state index in [9.17, 15) is 9.59 Å². The van der Waals surface area contributed by atoms with E-state index in [4.69, 9.17) is 19.6 Å². The molecule has 2 N–H and O–H groups in total. The number of primary amides is 1. The molecule has 0 bridgehead atoms. The minimum atomic E-state index is -1.18. The zero-order chi connectivity index (χ0) is 18.0. The zero-order valence-electron chi connectivity index (χ0n) is 13.8. The summed E-state index contributed by atoms with van der Waals surface area (Å²) in [5.41, 5.74) is 7.02. The fraction of sp³-hybridized carbons (Fsp3) is 0.158. The Morgan fingerprint density at radius 3 is 2.48 bits per heavy atom. The van der Waals surface area contributed by atoms with Gasteiger partial charge >= 0.3 is 5.97 Å². The molecule has 3 rings (SSSR count). The molecule has 1 aromatic heterocycles. The lowest BCUT2D eigenvalue weighted by atomic mass is 10.1. The minimum Gasteiger partial charge on any atom is -0.497 e. The second-order valence-corrected chi connectivity index (χ2v) is 5.52. The van der Waals surface area contributed by atoms with Crippen LogP contribution in [0.3, 0.4) is 0 Å². The third kappa shape index (κ3) is 3.19. The van der Waals surface area contributed by atoms with Crippen LogP contribution in [0.1, 0.15) is 27.8 Å². The van der Waals surface area contributed by atoms with E-state index < -0.39 is 18.0 Å². The molecular formula is C19H17NO5. The normalized spacial score (nSPS) is 11.9. The lowest BCUT2D eigenvalue weighted by Crippen LogP contribution is -2.26. The number of ether oxygens (including phenoxy) is 2. The molecule has 128 valence electrons. The monoisotopic (exact) mass is 339 g/mol. The maximum absolute atomic E-state index is 12.5. The molecule has 0 spiro atoms. The van der Waals surface area contributed by atoms with E-state index in [1.807, 2.05) is 0 Å². The van der Waals surface area contributed by atoms with Gasteiger partial charge in [-0.05, 0) is 25.1 Å². The molecule has 6 heteroatoms. The number of aryl methyl sites for hydroxylation is 1. The van der Waals surface area contributed by atoms with Gasteiger partial charge in [-0.1, -0.05) is 30.3 Å². The summed E-state index contributed by atoms with van der Waals surface area (Å²) < 4.78 is 16.1. The summed E-state index contributed by atoms with van der Waals surface area (Å²) in [6.45, 7) is 1.74. The molecule has 25 heavy (non-hydrogen) atoms. The summed E-state index contributed by atoms with van der Waals surface area (Å²) >= 11 is 0. The minimum absolute atomic E-state index is 0.0328.